The molecule has 130 valence electrons. The van der Waals surface area contributed by atoms with Gasteiger partial charge in [-0.3, -0.25) is 0 Å². The summed E-state index contributed by atoms with van der Waals surface area (Å²) in [4.78, 5) is 9.65. The number of hydrogen-bond donors (Lipinski definition) is 2. The third-order valence-corrected chi connectivity index (χ3v) is 4.63. The van der Waals surface area contributed by atoms with E-state index in [-0.39, 0.29) is 0 Å². The molecular formula is C18H26N4O2. The highest BCUT2D eigenvalue weighted by molar-refractivity contribution is 5.91. The van der Waals surface area contributed by atoms with Crippen molar-refractivity contribution in [2.45, 2.75) is 38.0 Å². The van der Waals surface area contributed by atoms with Crippen molar-refractivity contribution in [3.63, 3.8) is 0 Å². The highest BCUT2D eigenvalue weighted by Gasteiger charge is 2.21. The highest BCUT2D eigenvalue weighted by atomic mass is 16.5. The summed E-state index contributed by atoms with van der Waals surface area (Å²) in [5.41, 5.74) is 6.53. The maximum absolute atomic E-state index is 5.65. The lowest BCUT2D eigenvalue weighted by molar-refractivity contribution is 0.355. The topological polar surface area (TPSA) is 82.3 Å². The Bertz CT molecular complexity index is 699. The SMILES string of the molecule is COc1cc2nc(C3CCCCC3)nc(NCCN)c2cc1OC. The summed E-state index contributed by atoms with van der Waals surface area (Å²) in [6.07, 6.45) is 6.14. The second kappa shape index (κ2) is 7.66. The van der Waals surface area contributed by atoms with Gasteiger partial charge in [0.05, 0.1) is 19.7 Å². The Labute approximate surface area is 142 Å². The van der Waals surface area contributed by atoms with Crippen LogP contribution in [0.2, 0.25) is 0 Å². The van der Waals surface area contributed by atoms with Gasteiger partial charge in [0.2, 0.25) is 0 Å². The second-order valence-corrected chi connectivity index (χ2v) is 6.21. The maximum atomic E-state index is 5.65. The van der Waals surface area contributed by atoms with E-state index in [2.05, 4.69) is 5.32 Å². The number of benzene rings is 1. The van der Waals surface area contributed by atoms with Crippen LogP contribution in [0, 0.1) is 0 Å². The number of nitrogens with one attached hydrogen (secondary N) is 1. The summed E-state index contributed by atoms with van der Waals surface area (Å²) in [7, 11) is 3.27. The zero-order valence-corrected chi connectivity index (χ0v) is 14.5. The van der Waals surface area contributed by atoms with Crippen LogP contribution in [0.1, 0.15) is 43.8 Å². The lowest BCUT2D eigenvalue weighted by Crippen LogP contribution is -2.16. The number of nitrogens with zero attached hydrogens (tertiary/aromatic N) is 2. The molecule has 6 nitrogen and oxygen atoms in total. The van der Waals surface area contributed by atoms with Crippen LogP contribution < -0.4 is 20.5 Å². The van der Waals surface area contributed by atoms with Crippen LogP contribution in [0.4, 0.5) is 5.82 Å². The normalized spacial score (nSPS) is 15.5. The molecule has 1 aromatic carbocycles. The van der Waals surface area contributed by atoms with Gasteiger partial charge in [0, 0.05) is 30.5 Å². The number of fused-ring (bicyclic) bond motifs is 1. The zero-order valence-electron chi connectivity index (χ0n) is 14.5. The standard InChI is InChI=1S/C18H26N4O2/c1-23-15-10-13-14(11-16(15)24-2)21-17(12-6-4-3-5-7-12)22-18(13)20-9-8-19/h10-12H,3-9,19H2,1-2H3,(H,20,21,22). The first-order valence-corrected chi connectivity index (χ1v) is 8.64. The molecule has 3 N–H and O–H groups in total. The molecule has 0 bridgehead atoms. The molecule has 2 aromatic rings. The van der Waals surface area contributed by atoms with E-state index in [1.165, 1.54) is 19.3 Å². The van der Waals surface area contributed by atoms with E-state index in [1.807, 2.05) is 12.1 Å². The minimum atomic E-state index is 0.440. The monoisotopic (exact) mass is 330 g/mol. The molecule has 0 atom stereocenters. The van der Waals surface area contributed by atoms with E-state index in [4.69, 9.17) is 25.2 Å². The van der Waals surface area contributed by atoms with Crippen molar-refractivity contribution >= 4 is 16.7 Å². The maximum Gasteiger partial charge on any atom is 0.162 e. The quantitative estimate of drug-likeness (QED) is 0.847. The summed E-state index contributed by atoms with van der Waals surface area (Å²) in [6.45, 7) is 1.22. The first-order valence-electron chi connectivity index (χ1n) is 8.64. The lowest BCUT2D eigenvalue weighted by atomic mass is 9.88. The molecule has 0 spiro atoms. The number of methoxy groups -OCH3 is 2. The van der Waals surface area contributed by atoms with E-state index in [9.17, 15) is 0 Å². The van der Waals surface area contributed by atoms with Crippen molar-refractivity contribution in [3.8, 4) is 11.5 Å². The molecule has 1 heterocycles. The van der Waals surface area contributed by atoms with Gasteiger partial charge in [-0.1, -0.05) is 19.3 Å². The van der Waals surface area contributed by atoms with Crippen LogP contribution in [0.5, 0.6) is 11.5 Å². The Kier molecular flexibility index (Phi) is 5.35. The summed E-state index contributed by atoms with van der Waals surface area (Å²) >= 11 is 0. The summed E-state index contributed by atoms with van der Waals surface area (Å²) in [5.74, 6) is 3.55. The molecule has 3 rings (SSSR count). The van der Waals surface area contributed by atoms with Crippen molar-refractivity contribution < 1.29 is 9.47 Å². The predicted molar refractivity (Wildman–Crippen MR) is 96.0 cm³/mol. The van der Waals surface area contributed by atoms with Crippen LogP contribution in [-0.4, -0.2) is 37.3 Å². The highest BCUT2D eigenvalue weighted by Crippen LogP contribution is 2.37. The van der Waals surface area contributed by atoms with Crippen LogP contribution in [0.15, 0.2) is 12.1 Å². The molecule has 1 aliphatic carbocycles. The fraction of sp³-hybridized carbons (Fsp3) is 0.556. The minimum absolute atomic E-state index is 0.440. The van der Waals surface area contributed by atoms with Gasteiger partial charge in [-0.2, -0.15) is 0 Å². The van der Waals surface area contributed by atoms with E-state index < -0.39 is 0 Å². The Balaban J connectivity index is 2.10. The van der Waals surface area contributed by atoms with E-state index >= 15 is 0 Å². The largest absolute Gasteiger partial charge is 0.493 e. The van der Waals surface area contributed by atoms with Gasteiger partial charge in [-0.25, -0.2) is 9.97 Å². The Morgan fingerprint density at radius 2 is 1.79 bits per heavy atom. The molecule has 0 aliphatic heterocycles. The fourth-order valence-electron chi connectivity index (χ4n) is 3.34. The number of anilines is 1. The van der Waals surface area contributed by atoms with Gasteiger partial charge in [0.15, 0.2) is 11.5 Å². The van der Waals surface area contributed by atoms with Gasteiger partial charge < -0.3 is 20.5 Å². The second-order valence-electron chi connectivity index (χ2n) is 6.21. The Morgan fingerprint density at radius 3 is 2.46 bits per heavy atom. The third kappa shape index (κ3) is 3.38. The molecular weight excluding hydrogens is 304 g/mol. The number of nitrogens with two attached hydrogens (primary N) is 1. The van der Waals surface area contributed by atoms with Crippen molar-refractivity contribution in [1.82, 2.24) is 9.97 Å². The van der Waals surface area contributed by atoms with Gasteiger partial charge in [-0.15, -0.1) is 0 Å². The number of rotatable bonds is 6. The van der Waals surface area contributed by atoms with Gasteiger partial charge in [0.25, 0.3) is 0 Å². The van der Waals surface area contributed by atoms with E-state index in [1.54, 1.807) is 14.2 Å². The Morgan fingerprint density at radius 1 is 1.08 bits per heavy atom. The van der Waals surface area contributed by atoms with E-state index in [0.29, 0.717) is 30.5 Å². The van der Waals surface area contributed by atoms with Crippen LogP contribution in [0.3, 0.4) is 0 Å². The molecule has 0 amide bonds. The molecule has 1 saturated carbocycles. The molecule has 1 aliphatic rings. The van der Waals surface area contributed by atoms with Crippen LogP contribution in [0.25, 0.3) is 10.9 Å². The van der Waals surface area contributed by atoms with E-state index in [0.717, 1.165) is 35.4 Å². The Hall–Kier alpha value is -2.08. The average Bonchev–Trinajstić information content (AvgIpc) is 2.65. The van der Waals surface area contributed by atoms with Gasteiger partial charge >= 0.3 is 0 Å². The van der Waals surface area contributed by atoms with Crippen LogP contribution >= 0.6 is 0 Å². The molecule has 0 unspecified atom stereocenters. The van der Waals surface area contributed by atoms with Crippen molar-refractivity contribution in [2.75, 3.05) is 32.6 Å². The first kappa shape index (κ1) is 16.8. The lowest BCUT2D eigenvalue weighted by Gasteiger charge is -2.21. The third-order valence-electron chi connectivity index (χ3n) is 4.63. The minimum Gasteiger partial charge on any atom is -0.493 e. The van der Waals surface area contributed by atoms with Crippen molar-refractivity contribution in [3.05, 3.63) is 18.0 Å². The molecule has 0 radical (unpaired) electrons. The summed E-state index contributed by atoms with van der Waals surface area (Å²) in [5, 5.41) is 4.26. The predicted octanol–water partition coefficient (Wildman–Crippen LogP) is 3.07. The molecule has 0 saturated heterocycles. The average molecular weight is 330 g/mol. The summed E-state index contributed by atoms with van der Waals surface area (Å²) in [6, 6.07) is 3.85. The van der Waals surface area contributed by atoms with Crippen molar-refractivity contribution in [2.24, 2.45) is 5.73 Å². The number of ether oxygens (including phenoxy) is 2. The van der Waals surface area contributed by atoms with Gasteiger partial charge in [0.1, 0.15) is 11.6 Å². The summed E-state index contributed by atoms with van der Waals surface area (Å²) < 4.78 is 10.8. The van der Waals surface area contributed by atoms with Crippen LogP contribution in [-0.2, 0) is 0 Å². The van der Waals surface area contributed by atoms with Crippen molar-refractivity contribution in [1.29, 1.82) is 0 Å². The molecule has 24 heavy (non-hydrogen) atoms. The number of aromatic nitrogens is 2. The first-order chi connectivity index (χ1) is 11.8. The molecule has 1 aromatic heterocycles. The molecule has 1 fully saturated rings. The zero-order chi connectivity index (χ0) is 16.9. The fourth-order valence-corrected chi connectivity index (χ4v) is 3.34. The molecule has 6 heteroatoms. The van der Waals surface area contributed by atoms with Gasteiger partial charge in [-0.05, 0) is 18.9 Å². The smallest absolute Gasteiger partial charge is 0.162 e. The number of hydrogen-bond acceptors (Lipinski definition) is 6.